The second-order valence-electron chi connectivity index (χ2n) is 3.67. The second kappa shape index (κ2) is 7.37. The molecule has 0 amide bonds. The summed E-state index contributed by atoms with van der Waals surface area (Å²) in [4.78, 5) is 2.48. The molecule has 0 radical (unpaired) electrons. The summed E-state index contributed by atoms with van der Waals surface area (Å²) in [6, 6.07) is 0. The molecule has 1 aliphatic carbocycles. The maximum absolute atomic E-state index is 2.48. The van der Waals surface area contributed by atoms with Gasteiger partial charge in [0.05, 0.1) is 0 Å². The van der Waals surface area contributed by atoms with Crippen LogP contribution in [0, 0.1) is 11.8 Å². The van der Waals surface area contributed by atoms with E-state index in [1.165, 1.54) is 32.4 Å². The Morgan fingerprint density at radius 1 is 0.846 bits per heavy atom. The van der Waals surface area contributed by atoms with E-state index in [0.717, 1.165) is 11.8 Å². The van der Waals surface area contributed by atoms with Crippen molar-refractivity contribution in [3.05, 3.63) is 0 Å². The SMILES string of the molecule is CC.CC.CN1C[C@H]2CCC[C@H]2C1. The molecule has 2 fully saturated rings. The Kier molecular flexibility index (Phi) is 7.35. The maximum Gasteiger partial charge on any atom is 0.000985 e. The normalized spacial score (nSPS) is 31.2. The number of rotatable bonds is 0. The molecule has 0 aromatic rings. The minimum atomic E-state index is 1.08. The van der Waals surface area contributed by atoms with Crippen molar-refractivity contribution in [2.45, 2.75) is 47.0 Å². The van der Waals surface area contributed by atoms with Crippen LogP contribution < -0.4 is 0 Å². The molecule has 0 unspecified atom stereocenters. The summed E-state index contributed by atoms with van der Waals surface area (Å²) in [6.45, 7) is 10.8. The lowest BCUT2D eigenvalue weighted by Gasteiger charge is -2.06. The molecular formula is C12H27N. The second-order valence-corrected chi connectivity index (χ2v) is 3.67. The Labute approximate surface area is 84.5 Å². The standard InChI is InChI=1S/C8H15N.2C2H6/c1-9-5-7-3-2-4-8(7)6-9;2*1-2/h7-8H,2-6H2,1H3;2*1-2H3/t7-,8+;;. The van der Waals surface area contributed by atoms with E-state index in [-0.39, 0.29) is 0 Å². The van der Waals surface area contributed by atoms with E-state index in [1.54, 1.807) is 0 Å². The van der Waals surface area contributed by atoms with E-state index < -0.39 is 0 Å². The lowest BCUT2D eigenvalue weighted by atomic mass is 10.0. The lowest BCUT2D eigenvalue weighted by molar-refractivity contribution is 0.379. The Morgan fingerprint density at radius 2 is 1.23 bits per heavy atom. The number of hydrogen-bond acceptors (Lipinski definition) is 1. The summed E-state index contributed by atoms with van der Waals surface area (Å²) in [7, 11) is 2.25. The monoisotopic (exact) mass is 185 g/mol. The van der Waals surface area contributed by atoms with Gasteiger partial charge in [-0.15, -0.1) is 0 Å². The molecule has 13 heavy (non-hydrogen) atoms. The largest absolute Gasteiger partial charge is 0.306 e. The fourth-order valence-electron chi connectivity index (χ4n) is 2.47. The van der Waals surface area contributed by atoms with E-state index >= 15 is 0 Å². The molecule has 1 aliphatic heterocycles. The van der Waals surface area contributed by atoms with Crippen molar-refractivity contribution in [2.75, 3.05) is 20.1 Å². The fourth-order valence-corrected chi connectivity index (χ4v) is 2.47. The van der Waals surface area contributed by atoms with Gasteiger partial charge in [-0.3, -0.25) is 0 Å². The Bertz CT molecular complexity index is 99.7. The van der Waals surface area contributed by atoms with Gasteiger partial charge in [-0.1, -0.05) is 34.1 Å². The van der Waals surface area contributed by atoms with Gasteiger partial charge in [0, 0.05) is 13.1 Å². The quantitative estimate of drug-likeness (QED) is 0.559. The molecule has 0 spiro atoms. The molecule has 0 aromatic heterocycles. The van der Waals surface area contributed by atoms with Crippen LogP contribution in [0.1, 0.15) is 47.0 Å². The zero-order valence-electron chi connectivity index (χ0n) is 10.1. The summed E-state index contributed by atoms with van der Waals surface area (Å²) >= 11 is 0. The first-order valence-electron chi connectivity index (χ1n) is 6.05. The highest BCUT2D eigenvalue weighted by molar-refractivity contribution is 4.86. The highest BCUT2D eigenvalue weighted by Gasteiger charge is 2.33. The third-order valence-corrected chi connectivity index (χ3v) is 2.91. The van der Waals surface area contributed by atoms with E-state index in [0.29, 0.717) is 0 Å². The molecule has 2 aliphatic rings. The average molecular weight is 185 g/mol. The molecule has 1 saturated carbocycles. The van der Waals surface area contributed by atoms with Crippen LogP contribution in [0.3, 0.4) is 0 Å². The van der Waals surface area contributed by atoms with Crippen LogP contribution in [0.4, 0.5) is 0 Å². The smallest absolute Gasteiger partial charge is 0.000985 e. The molecule has 0 bridgehead atoms. The number of likely N-dealkylation sites (tertiary alicyclic amines) is 1. The van der Waals surface area contributed by atoms with Crippen LogP contribution in [0.2, 0.25) is 0 Å². The molecule has 1 saturated heterocycles. The number of hydrogen-bond donors (Lipinski definition) is 0. The van der Waals surface area contributed by atoms with Crippen molar-refractivity contribution >= 4 is 0 Å². The van der Waals surface area contributed by atoms with Crippen LogP contribution in [0.5, 0.6) is 0 Å². The summed E-state index contributed by atoms with van der Waals surface area (Å²) < 4.78 is 0. The minimum absolute atomic E-state index is 1.08. The Hall–Kier alpha value is -0.0400. The van der Waals surface area contributed by atoms with Gasteiger partial charge in [-0.2, -0.15) is 0 Å². The Balaban J connectivity index is 0.000000322. The van der Waals surface area contributed by atoms with Gasteiger partial charge in [0.15, 0.2) is 0 Å². The Morgan fingerprint density at radius 3 is 1.62 bits per heavy atom. The van der Waals surface area contributed by atoms with E-state index in [9.17, 15) is 0 Å². The average Bonchev–Trinajstić information content (AvgIpc) is 2.71. The minimum Gasteiger partial charge on any atom is -0.306 e. The predicted molar refractivity (Wildman–Crippen MR) is 61.0 cm³/mol. The molecule has 1 heterocycles. The topological polar surface area (TPSA) is 3.24 Å². The summed E-state index contributed by atoms with van der Waals surface area (Å²) in [5.74, 6) is 2.16. The first kappa shape index (κ1) is 13.0. The number of nitrogens with zero attached hydrogens (tertiary/aromatic N) is 1. The first-order chi connectivity index (χ1) is 6.36. The van der Waals surface area contributed by atoms with Crippen molar-refractivity contribution in [3.63, 3.8) is 0 Å². The molecule has 2 atom stereocenters. The van der Waals surface area contributed by atoms with E-state index in [1.807, 2.05) is 27.7 Å². The van der Waals surface area contributed by atoms with Crippen molar-refractivity contribution in [1.82, 2.24) is 4.90 Å². The summed E-state index contributed by atoms with van der Waals surface area (Å²) in [6.07, 6.45) is 4.52. The van der Waals surface area contributed by atoms with Gasteiger partial charge in [0.25, 0.3) is 0 Å². The molecular weight excluding hydrogens is 158 g/mol. The van der Waals surface area contributed by atoms with Gasteiger partial charge >= 0.3 is 0 Å². The van der Waals surface area contributed by atoms with Gasteiger partial charge in [-0.05, 0) is 31.7 Å². The van der Waals surface area contributed by atoms with E-state index in [2.05, 4.69) is 11.9 Å². The van der Waals surface area contributed by atoms with Crippen molar-refractivity contribution in [1.29, 1.82) is 0 Å². The number of fused-ring (bicyclic) bond motifs is 1. The van der Waals surface area contributed by atoms with E-state index in [4.69, 9.17) is 0 Å². The van der Waals surface area contributed by atoms with Crippen LogP contribution in [0.25, 0.3) is 0 Å². The fraction of sp³-hybridized carbons (Fsp3) is 1.00. The summed E-state index contributed by atoms with van der Waals surface area (Å²) in [5, 5.41) is 0. The predicted octanol–water partition coefficient (Wildman–Crippen LogP) is 3.40. The van der Waals surface area contributed by atoms with Crippen molar-refractivity contribution in [3.8, 4) is 0 Å². The lowest BCUT2D eigenvalue weighted by Crippen LogP contribution is -2.14. The van der Waals surface area contributed by atoms with Gasteiger partial charge in [-0.25, -0.2) is 0 Å². The highest BCUT2D eigenvalue weighted by Crippen LogP contribution is 2.36. The van der Waals surface area contributed by atoms with Gasteiger partial charge in [0.2, 0.25) is 0 Å². The van der Waals surface area contributed by atoms with Crippen molar-refractivity contribution < 1.29 is 0 Å². The zero-order chi connectivity index (χ0) is 10.3. The summed E-state index contributed by atoms with van der Waals surface area (Å²) in [5.41, 5.74) is 0. The molecule has 1 heteroatoms. The molecule has 2 rings (SSSR count). The van der Waals surface area contributed by atoms with Gasteiger partial charge in [0.1, 0.15) is 0 Å². The third kappa shape index (κ3) is 3.68. The van der Waals surface area contributed by atoms with Crippen LogP contribution in [-0.4, -0.2) is 25.0 Å². The molecule has 80 valence electrons. The maximum atomic E-state index is 2.48. The molecule has 0 N–H and O–H groups in total. The van der Waals surface area contributed by atoms with Crippen LogP contribution in [-0.2, 0) is 0 Å². The molecule has 0 aromatic carbocycles. The first-order valence-corrected chi connectivity index (χ1v) is 6.05. The van der Waals surface area contributed by atoms with Gasteiger partial charge < -0.3 is 4.90 Å². The zero-order valence-corrected chi connectivity index (χ0v) is 10.1. The van der Waals surface area contributed by atoms with Crippen molar-refractivity contribution in [2.24, 2.45) is 11.8 Å². The molecule has 1 nitrogen and oxygen atoms in total. The van der Waals surface area contributed by atoms with Crippen LogP contribution >= 0.6 is 0 Å². The third-order valence-electron chi connectivity index (χ3n) is 2.91. The van der Waals surface area contributed by atoms with Crippen LogP contribution in [0.15, 0.2) is 0 Å². The highest BCUT2D eigenvalue weighted by atomic mass is 15.1.